The molecule has 0 aliphatic heterocycles. The van der Waals surface area contributed by atoms with Crippen LogP contribution in [-0.2, 0) is 0 Å². The van der Waals surface area contributed by atoms with Gasteiger partial charge in [0.05, 0.1) is 6.61 Å². The van der Waals surface area contributed by atoms with Crippen molar-refractivity contribution in [3.05, 3.63) is 36.5 Å². The zero-order chi connectivity index (χ0) is 13.5. The second-order valence-electron chi connectivity index (χ2n) is 4.78. The molecule has 0 aliphatic rings. The zero-order valence-electron chi connectivity index (χ0n) is 11.7. The molecule has 1 aromatic heterocycles. The molecule has 2 aromatic rings. The predicted octanol–water partition coefficient (Wildman–Crippen LogP) is 3.39. The van der Waals surface area contributed by atoms with Gasteiger partial charge >= 0.3 is 0 Å². The van der Waals surface area contributed by atoms with E-state index in [1.165, 1.54) is 0 Å². The monoisotopic (exact) mass is 258 g/mol. The minimum Gasteiger partial charge on any atom is -0.491 e. The van der Waals surface area contributed by atoms with Crippen molar-refractivity contribution in [2.75, 3.05) is 13.2 Å². The first-order valence-electron chi connectivity index (χ1n) is 7.01. The topological polar surface area (TPSA) is 34.1 Å². The zero-order valence-corrected chi connectivity index (χ0v) is 11.7. The van der Waals surface area contributed by atoms with Gasteiger partial charge in [0.2, 0.25) is 0 Å². The maximum Gasteiger partial charge on any atom is 0.145 e. The van der Waals surface area contributed by atoms with Crippen LogP contribution >= 0.6 is 0 Å². The molecule has 1 unspecified atom stereocenters. The fourth-order valence-electron chi connectivity index (χ4n) is 2.21. The summed E-state index contributed by atoms with van der Waals surface area (Å²) in [7, 11) is 0. The van der Waals surface area contributed by atoms with Crippen LogP contribution in [0.4, 0.5) is 0 Å². The van der Waals surface area contributed by atoms with Crippen molar-refractivity contribution in [1.29, 1.82) is 0 Å². The van der Waals surface area contributed by atoms with E-state index in [1.54, 1.807) is 0 Å². The SMILES string of the molecule is CCNC(C)CCCOc1cccc2cccnc12. The van der Waals surface area contributed by atoms with Crippen molar-refractivity contribution in [2.24, 2.45) is 0 Å². The number of benzene rings is 1. The number of fused-ring (bicyclic) bond motifs is 1. The first-order chi connectivity index (χ1) is 9.31. The Hall–Kier alpha value is -1.61. The quantitative estimate of drug-likeness (QED) is 0.773. The van der Waals surface area contributed by atoms with Crippen LogP contribution in [0.2, 0.25) is 0 Å². The number of nitrogens with one attached hydrogen (secondary N) is 1. The lowest BCUT2D eigenvalue weighted by molar-refractivity contribution is 0.301. The van der Waals surface area contributed by atoms with E-state index in [0.717, 1.165) is 42.6 Å². The number of pyridine rings is 1. The highest BCUT2D eigenvalue weighted by atomic mass is 16.5. The van der Waals surface area contributed by atoms with E-state index in [4.69, 9.17) is 4.74 Å². The Bertz CT molecular complexity index is 508. The molecule has 0 fully saturated rings. The normalized spacial score (nSPS) is 12.5. The predicted molar refractivity (Wildman–Crippen MR) is 79.6 cm³/mol. The molecule has 0 spiro atoms. The Morgan fingerprint density at radius 2 is 2.11 bits per heavy atom. The minimum absolute atomic E-state index is 0.555. The third-order valence-corrected chi connectivity index (χ3v) is 3.19. The van der Waals surface area contributed by atoms with E-state index in [9.17, 15) is 0 Å². The summed E-state index contributed by atoms with van der Waals surface area (Å²) in [5.41, 5.74) is 0.949. The Balaban J connectivity index is 1.88. The van der Waals surface area contributed by atoms with Crippen molar-refractivity contribution >= 4 is 10.9 Å². The molecule has 1 aromatic carbocycles. The van der Waals surface area contributed by atoms with Gasteiger partial charge in [0, 0.05) is 17.6 Å². The highest BCUT2D eigenvalue weighted by Crippen LogP contribution is 2.23. The minimum atomic E-state index is 0.555. The van der Waals surface area contributed by atoms with Crippen molar-refractivity contribution in [1.82, 2.24) is 10.3 Å². The van der Waals surface area contributed by atoms with Crippen molar-refractivity contribution < 1.29 is 4.74 Å². The Labute approximate surface area is 115 Å². The van der Waals surface area contributed by atoms with Gasteiger partial charge in [-0.2, -0.15) is 0 Å². The summed E-state index contributed by atoms with van der Waals surface area (Å²) in [5, 5.41) is 4.53. The maximum atomic E-state index is 5.86. The molecule has 1 heterocycles. The fourth-order valence-corrected chi connectivity index (χ4v) is 2.21. The summed E-state index contributed by atoms with van der Waals surface area (Å²) in [6.45, 7) is 6.11. The average Bonchev–Trinajstić information content (AvgIpc) is 2.44. The third kappa shape index (κ3) is 3.93. The highest BCUT2D eigenvalue weighted by Gasteiger charge is 2.03. The molecule has 0 saturated carbocycles. The van der Waals surface area contributed by atoms with Crippen LogP contribution in [0, 0.1) is 0 Å². The number of nitrogens with zero attached hydrogens (tertiary/aromatic N) is 1. The summed E-state index contributed by atoms with van der Waals surface area (Å²) in [4.78, 5) is 4.39. The highest BCUT2D eigenvalue weighted by molar-refractivity contribution is 5.84. The van der Waals surface area contributed by atoms with Gasteiger partial charge in [-0.1, -0.05) is 25.1 Å². The summed E-state index contributed by atoms with van der Waals surface area (Å²) in [6, 6.07) is 10.6. The lowest BCUT2D eigenvalue weighted by Gasteiger charge is -2.13. The molecule has 19 heavy (non-hydrogen) atoms. The molecule has 0 aliphatic carbocycles. The van der Waals surface area contributed by atoms with Crippen LogP contribution in [0.1, 0.15) is 26.7 Å². The summed E-state index contributed by atoms with van der Waals surface area (Å²) in [5.74, 6) is 0.884. The smallest absolute Gasteiger partial charge is 0.145 e. The van der Waals surface area contributed by atoms with Crippen LogP contribution in [0.3, 0.4) is 0 Å². The van der Waals surface area contributed by atoms with Gasteiger partial charge in [-0.3, -0.25) is 4.98 Å². The molecule has 1 N–H and O–H groups in total. The molecule has 0 amide bonds. The fraction of sp³-hybridized carbons (Fsp3) is 0.438. The van der Waals surface area contributed by atoms with Crippen molar-refractivity contribution in [2.45, 2.75) is 32.7 Å². The van der Waals surface area contributed by atoms with E-state index in [0.29, 0.717) is 6.04 Å². The van der Waals surface area contributed by atoms with Gasteiger partial charge in [-0.15, -0.1) is 0 Å². The van der Waals surface area contributed by atoms with E-state index in [1.807, 2.05) is 24.4 Å². The van der Waals surface area contributed by atoms with Crippen LogP contribution in [-0.4, -0.2) is 24.2 Å². The van der Waals surface area contributed by atoms with E-state index in [2.05, 4.69) is 36.3 Å². The van der Waals surface area contributed by atoms with Gasteiger partial charge in [-0.25, -0.2) is 0 Å². The number of hydrogen-bond acceptors (Lipinski definition) is 3. The second kappa shape index (κ2) is 7.10. The van der Waals surface area contributed by atoms with E-state index >= 15 is 0 Å². The first kappa shape index (κ1) is 13.8. The second-order valence-corrected chi connectivity index (χ2v) is 4.78. The van der Waals surface area contributed by atoms with Crippen molar-refractivity contribution in [3.63, 3.8) is 0 Å². The molecular formula is C16H22N2O. The number of aromatic nitrogens is 1. The maximum absolute atomic E-state index is 5.86. The van der Waals surface area contributed by atoms with Gasteiger partial charge in [0.25, 0.3) is 0 Å². The summed E-state index contributed by atoms with van der Waals surface area (Å²) >= 11 is 0. The van der Waals surface area contributed by atoms with Gasteiger partial charge in [-0.05, 0) is 38.4 Å². The Morgan fingerprint density at radius 1 is 1.26 bits per heavy atom. The lowest BCUT2D eigenvalue weighted by atomic mass is 10.2. The van der Waals surface area contributed by atoms with Crippen LogP contribution < -0.4 is 10.1 Å². The molecular weight excluding hydrogens is 236 g/mol. The number of hydrogen-bond donors (Lipinski definition) is 1. The van der Waals surface area contributed by atoms with Gasteiger partial charge in [0.1, 0.15) is 11.3 Å². The number of para-hydroxylation sites is 1. The number of ether oxygens (including phenoxy) is 1. The molecule has 3 nitrogen and oxygen atoms in total. The molecule has 102 valence electrons. The summed E-state index contributed by atoms with van der Waals surface area (Å²) < 4.78 is 5.86. The van der Waals surface area contributed by atoms with Crippen molar-refractivity contribution in [3.8, 4) is 5.75 Å². The average molecular weight is 258 g/mol. The van der Waals surface area contributed by atoms with E-state index < -0.39 is 0 Å². The molecule has 0 saturated heterocycles. The molecule has 2 rings (SSSR count). The molecule has 0 bridgehead atoms. The van der Waals surface area contributed by atoms with Gasteiger partial charge < -0.3 is 10.1 Å². The number of rotatable bonds is 7. The third-order valence-electron chi connectivity index (χ3n) is 3.19. The standard InChI is InChI=1S/C16H22N2O/c1-3-17-13(2)7-6-12-19-15-10-4-8-14-9-5-11-18-16(14)15/h4-5,8-11,13,17H,3,6-7,12H2,1-2H3. The first-order valence-corrected chi connectivity index (χ1v) is 7.01. The lowest BCUT2D eigenvalue weighted by Crippen LogP contribution is -2.25. The van der Waals surface area contributed by atoms with Crippen LogP contribution in [0.15, 0.2) is 36.5 Å². The molecule has 0 radical (unpaired) electrons. The van der Waals surface area contributed by atoms with E-state index in [-0.39, 0.29) is 0 Å². The Morgan fingerprint density at radius 3 is 2.95 bits per heavy atom. The van der Waals surface area contributed by atoms with Crippen LogP contribution in [0.25, 0.3) is 10.9 Å². The Kier molecular flexibility index (Phi) is 5.16. The summed E-state index contributed by atoms with van der Waals surface area (Å²) in [6.07, 6.45) is 3.99. The molecule has 1 atom stereocenters. The largest absolute Gasteiger partial charge is 0.491 e. The molecule has 3 heteroatoms. The van der Waals surface area contributed by atoms with Gasteiger partial charge in [0.15, 0.2) is 0 Å². The van der Waals surface area contributed by atoms with Crippen LogP contribution in [0.5, 0.6) is 5.75 Å².